The van der Waals surface area contributed by atoms with Crippen LogP contribution in [0.15, 0.2) is 4.99 Å². The van der Waals surface area contributed by atoms with Crippen LogP contribution in [-0.4, -0.2) is 47.6 Å². The van der Waals surface area contributed by atoms with E-state index >= 15 is 0 Å². The van der Waals surface area contributed by atoms with Crippen molar-refractivity contribution in [1.29, 1.82) is 0 Å². The van der Waals surface area contributed by atoms with E-state index in [-0.39, 0.29) is 0 Å². The number of guanidine groups is 1. The molecule has 0 aromatic carbocycles. The minimum absolute atomic E-state index is 0.305. The summed E-state index contributed by atoms with van der Waals surface area (Å²) in [5.74, 6) is 4.55. The molecule has 2 aromatic heterocycles. The summed E-state index contributed by atoms with van der Waals surface area (Å²) in [6.07, 6.45) is 4.39. The summed E-state index contributed by atoms with van der Waals surface area (Å²) < 4.78 is 3.99. The van der Waals surface area contributed by atoms with Gasteiger partial charge in [-0.25, -0.2) is 14.7 Å². The Morgan fingerprint density at radius 2 is 1.96 bits per heavy atom. The number of fused-ring (bicyclic) bond motifs is 1. The van der Waals surface area contributed by atoms with Gasteiger partial charge < -0.3 is 15.2 Å². The molecule has 2 aliphatic rings. The van der Waals surface area contributed by atoms with Crippen molar-refractivity contribution in [2.45, 2.75) is 64.7 Å². The molecule has 0 bridgehead atoms. The molecular formula is C16H25N9. The van der Waals surface area contributed by atoms with Crippen LogP contribution in [0.25, 0.3) is 0 Å². The monoisotopic (exact) mass is 343 g/mol. The zero-order valence-electron chi connectivity index (χ0n) is 15.0. The van der Waals surface area contributed by atoms with E-state index in [4.69, 9.17) is 4.99 Å². The molecule has 2 N–H and O–H groups in total. The van der Waals surface area contributed by atoms with Crippen molar-refractivity contribution in [2.75, 3.05) is 0 Å². The zero-order valence-corrected chi connectivity index (χ0v) is 15.0. The first-order valence-corrected chi connectivity index (χ1v) is 8.91. The van der Waals surface area contributed by atoms with Gasteiger partial charge in [-0.3, -0.25) is 0 Å². The van der Waals surface area contributed by atoms with Gasteiger partial charge in [0.2, 0.25) is 0 Å². The Bertz CT molecular complexity index is 784. The van der Waals surface area contributed by atoms with Gasteiger partial charge in [0, 0.05) is 25.6 Å². The van der Waals surface area contributed by atoms with Crippen LogP contribution >= 0.6 is 0 Å². The molecule has 1 saturated carbocycles. The summed E-state index contributed by atoms with van der Waals surface area (Å²) in [7, 11) is 1.97. The lowest BCUT2D eigenvalue weighted by molar-refractivity contribution is 0.392. The van der Waals surface area contributed by atoms with Crippen molar-refractivity contribution in [3.8, 4) is 0 Å². The molecule has 1 aliphatic carbocycles. The highest BCUT2D eigenvalue weighted by molar-refractivity contribution is 5.80. The van der Waals surface area contributed by atoms with Gasteiger partial charge in [-0.05, 0) is 33.1 Å². The molecule has 4 rings (SSSR count). The molecule has 1 aliphatic heterocycles. The van der Waals surface area contributed by atoms with E-state index in [2.05, 4.69) is 30.9 Å². The minimum atomic E-state index is 0.305. The van der Waals surface area contributed by atoms with Crippen LogP contribution in [0.1, 0.15) is 42.6 Å². The summed E-state index contributed by atoms with van der Waals surface area (Å²) in [6, 6.07) is 0.847. The summed E-state index contributed by atoms with van der Waals surface area (Å²) in [4.78, 5) is 9.20. The highest BCUT2D eigenvalue weighted by atomic mass is 15.4. The van der Waals surface area contributed by atoms with Crippen LogP contribution in [0, 0.1) is 13.8 Å². The lowest BCUT2D eigenvalue weighted by Gasteiger charge is -2.25. The van der Waals surface area contributed by atoms with Crippen molar-refractivity contribution in [2.24, 2.45) is 12.0 Å². The number of nitrogens with one attached hydrogen (secondary N) is 2. The van der Waals surface area contributed by atoms with Crippen LogP contribution in [0.4, 0.5) is 0 Å². The summed E-state index contributed by atoms with van der Waals surface area (Å²) in [6.45, 7) is 5.23. The predicted molar refractivity (Wildman–Crippen MR) is 93.0 cm³/mol. The number of aliphatic imine (C=N–C) groups is 1. The molecule has 0 spiro atoms. The van der Waals surface area contributed by atoms with Crippen LogP contribution in [0.2, 0.25) is 0 Å². The van der Waals surface area contributed by atoms with Gasteiger partial charge in [0.25, 0.3) is 0 Å². The van der Waals surface area contributed by atoms with Gasteiger partial charge in [-0.1, -0.05) is 0 Å². The number of rotatable bonds is 4. The molecule has 1 fully saturated rings. The SMILES string of the molecule is Cc1nc2n(n1)CC(NC(=NCc1nnc(C)n1C)NC1CC1)CC2. The molecule has 134 valence electrons. The molecule has 25 heavy (non-hydrogen) atoms. The zero-order chi connectivity index (χ0) is 17.4. The largest absolute Gasteiger partial charge is 0.354 e. The fourth-order valence-electron chi connectivity index (χ4n) is 3.04. The Morgan fingerprint density at radius 3 is 2.68 bits per heavy atom. The second-order valence-electron chi connectivity index (χ2n) is 6.94. The Morgan fingerprint density at radius 1 is 1.16 bits per heavy atom. The molecule has 3 heterocycles. The first kappa shape index (κ1) is 16.0. The molecule has 1 unspecified atom stereocenters. The number of aromatic nitrogens is 6. The van der Waals surface area contributed by atoms with E-state index in [1.807, 2.05) is 30.1 Å². The summed E-state index contributed by atoms with van der Waals surface area (Å²) >= 11 is 0. The number of hydrogen-bond acceptors (Lipinski definition) is 5. The maximum absolute atomic E-state index is 4.73. The Labute approximate surface area is 147 Å². The van der Waals surface area contributed by atoms with E-state index in [0.717, 1.165) is 48.6 Å². The molecule has 1 atom stereocenters. The van der Waals surface area contributed by atoms with Crippen LogP contribution in [-0.2, 0) is 26.6 Å². The van der Waals surface area contributed by atoms with E-state index in [9.17, 15) is 0 Å². The molecule has 0 radical (unpaired) electrons. The first-order chi connectivity index (χ1) is 12.1. The van der Waals surface area contributed by atoms with Crippen molar-refractivity contribution < 1.29 is 0 Å². The van der Waals surface area contributed by atoms with Gasteiger partial charge in [-0.15, -0.1) is 10.2 Å². The normalized spacial score (nSPS) is 20.4. The number of aryl methyl sites for hydroxylation is 3. The van der Waals surface area contributed by atoms with E-state index in [0.29, 0.717) is 18.6 Å². The second-order valence-corrected chi connectivity index (χ2v) is 6.94. The maximum Gasteiger partial charge on any atom is 0.192 e. The van der Waals surface area contributed by atoms with Crippen molar-refractivity contribution >= 4 is 5.96 Å². The molecule has 9 heteroatoms. The third-order valence-electron chi connectivity index (χ3n) is 4.78. The lowest BCUT2D eigenvalue weighted by Crippen LogP contribution is -2.47. The fraction of sp³-hybridized carbons (Fsp3) is 0.688. The number of nitrogens with zero attached hydrogens (tertiary/aromatic N) is 7. The van der Waals surface area contributed by atoms with Gasteiger partial charge in [0.05, 0.1) is 6.54 Å². The Kier molecular flexibility index (Phi) is 4.14. The second kappa shape index (κ2) is 6.45. The highest BCUT2D eigenvalue weighted by Gasteiger charge is 2.26. The topological polar surface area (TPSA) is 97.8 Å². The third-order valence-corrected chi connectivity index (χ3v) is 4.78. The van der Waals surface area contributed by atoms with Crippen LogP contribution < -0.4 is 10.6 Å². The fourth-order valence-corrected chi connectivity index (χ4v) is 3.04. The van der Waals surface area contributed by atoms with Crippen molar-refractivity contribution in [3.05, 3.63) is 23.3 Å². The summed E-state index contributed by atoms with van der Waals surface area (Å²) in [5, 5.41) is 19.8. The highest BCUT2D eigenvalue weighted by Crippen LogP contribution is 2.19. The summed E-state index contributed by atoms with van der Waals surface area (Å²) in [5.41, 5.74) is 0. The molecule has 2 aromatic rings. The van der Waals surface area contributed by atoms with E-state index < -0.39 is 0 Å². The van der Waals surface area contributed by atoms with Gasteiger partial charge in [0.15, 0.2) is 11.8 Å². The maximum atomic E-state index is 4.73. The van der Waals surface area contributed by atoms with E-state index in [1.165, 1.54) is 12.8 Å². The molecule has 0 saturated heterocycles. The van der Waals surface area contributed by atoms with Gasteiger partial charge in [-0.2, -0.15) is 5.10 Å². The Balaban J connectivity index is 1.44. The predicted octanol–water partition coefficient (Wildman–Crippen LogP) is 0.236. The van der Waals surface area contributed by atoms with Crippen LogP contribution in [0.3, 0.4) is 0 Å². The van der Waals surface area contributed by atoms with Crippen molar-refractivity contribution in [3.63, 3.8) is 0 Å². The van der Waals surface area contributed by atoms with Crippen molar-refractivity contribution in [1.82, 2.24) is 40.2 Å². The van der Waals surface area contributed by atoms with Gasteiger partial charge >= 0.3 is 0 Å². The molecular weight excluding hydrogens is 318 g/mol. The molecule has 0 amide bonds. The quantitative estimate of drug-likeness (QED) is 0.609. The standard InChI is InChI=1S/C16H25N9/c1-10-18-14-7-6-13(9-25(14)23-10)20-16(19-12-4-5-12)17-8-15-22-21-11(2)24(15)3/h12-13H,4-9H2,1-3H3,(H2,17,19,20). The smallest absolute Gasteiger partial charge is 0.192 e. The Hall–Kier alpha value is -2.45. The minimum Gasteiger partial charge on any atom is -0.354 e. The van der Waals surface area contributed by atoms with Crippen LogP contribution in [0.5, 0.6) is 0 Å². The third kappa shape index (κ3) is 3.64. The first-order valence-electron chi connectivity index (χ1n) is 8.91. The lowest BCUT2D eigenvalue weighted by atomic mass is 10.1. The molecule has 9 nitrogen and oxygen atoms in total. The average molecular weight is 343 g/mol. The van der Waals surface area contributed by atoms with E-state index in [1.54, 1.807) is 0 Å². The van der Waals surface area contributed by atoms with Gasteiger partial charge in [0.1, 0.15) is 24.0 Å². The number of hydrogen-bond donors (Lipinski definition) is 2. The average Bonchev–Trinajstić information content (AvgIpc) is 3.24.